The number of anilines is 1. The number of hydrogen-bond acceptors (Lipinski definition) is 13. The van der Waals surface area contributed by atoms with Crippen molar-refractivity contribution in [1.82, 2.24) is 29.5 Å². The van der Waals surface area contributed by atoms with Crippen molar-refractivity contribution < 1.29 is 34.3 Å². The maximum absolute atomic E-state index is 11.5. The van der Waals surface area contributed by atoms with Crippen LogP contribution in [0.25, 0.3) is 22.1 Å². The number of nitrogens with zero attached hydrogens (tertiary/aromatic N) is 6. The second-order valence-electron chi connectivity index (χ2n) is 14.4. The molecule has 4 aromatic rings. The van der Waals surface area contributed by atoms with Gasteiger partial charge in [0.1, 0.15) is 28.6 Å². The molecule has 0 bridgehead atoms. The van der Waals surface area contributed by atoms with E-state index in [1.165, 1.54) is 50.1 Å². The summed E-state index contributed by atoms with van der Waals surface area (Å²) in [5.41, 5.74) is 7.35. The Bertz CT molecular complexity index is 1890. The Hall–Kier alpha value is -2.86. The molecular weight excluding hydrogens is 763 g/mol. The van der Waals surface area contributed by atoms with Crippen LogP contribution in [-0.2, 0) is 19.0 Å². The fraction of sp³-hybridized carbons (Fsp3) is 0.639. The topological polar surface area (TPSA) is 205 Å². The van der Waals surface area contributed by atoms with E-state index in [1.807, 2.05) is 13.8 Å². The number of ether oxygens (including phenoxy) is 3. The van der Waals surface area contributed by atoms with E-state index in [0.717, 1.165) is 30.3 Å². The van der Waals surface area contributed by atoms with Gasteiger partial charge in [0.2, 0.25) is 0 Å². The zero-order valence-electron chi connectivity index (χ0n) is 30.5. The third-order valence-corrected chi connectivity index (χ3v) is 11.2. The molecule has 8 rings (SSSR count). The monoisotopic (exact) mass is 810 g/mol. The van der Waals surface area contributed by atoms with Crippen LogP contribution < -0.4 is 11.1 Å². The summed E-state index contributed by atoms with van der Waals surface area (Å²) in [5.74, 6) is -0.310. The highest BCUT2D eigenvalue weighted by atomic mass is 35.5. The number of halogens is 3. The van der Waals surface area contributed by atoms with Gasteiger partial charge >= 0.3 is 5.97 Å². The minimum atomic E-state index is -1.22. The molecule has 0 amide bonds. The van der Waals surface area contributed by atoms with Crippen LogP contribution in [0.3, 0.4) is 0 Å². The third kappa shape index (κ3) is 8.90. The average Bonchev–Trinajstić information content (AvgIpc) is 4.00. The first kappa shape index (κ1) is 40.8. The smallest absolute Gasteiger partial charge is 0.303 e. The number of rotatable bonds is 7. The molecule has 6 heterocycles. The number of fused-ring (bicyclic) bond motifs is 2. The largest absolute Gasteiger partial charge is 0.457 e. The summed E-state index contributed by atoms with van der Waals surface area (Å²) in [6.07, 6.45) is 8.73. The summed E-state index contributed by atoms with van der Waals surface area (Å²) in [6.45, 7) is 5.02. The molecule has 0 aromatic carbocycles. The Kier molecular flexibility index (Phi) is 13.6. The van der Waals surface area contributed by atoms with Crippen LogP contribution in [0.5, 0.6) is 0 Å². The molecule has 0 spiro atoms. The number of carbonyl (C=O) groups excluding carboxylic acids is 1. The molecule has 6 N–H and O–H groups in total. The molecule has 296 valence electrons. The Morgan fingerprint density at radius 2 is 1.48 bits per heavy atom. The van der Waals surface area contributed by atoms with Crippen molar-refractivity contribution >= 4 is 68.5 Å². The van der Waals surface area contributed by atoms with E-state index in [-0.39, 0.29) is 23.1 Å². The van der Waals surface area contributed by atoms with E-state index < -0.39 is 43.5 Å². The molecule has 4 fully saturated rings. The molecule has 2 aliphatic heterocycles. The van der Waals surface area contributed by atoms with E-state index >= 15 is 0 Å². The number of nitrogens with one attached hydrogen (secondary N) is 1. The SMILES string of the molecule is CC[C@H]1O[C@@H](n2ncc3c(Cl)cc(Cl)nc32)C(OC(C)=O)[C@@H]1C.NC1CCCC1.OC[C@H]1O[C@@H](n2ncc3c(NC4CCCC4)cc(Cl)nc32)[C@H](O)[C@@H]1O. The molecule has 18 heteroatoms. The van der Waals surface area contributed by atoms with Gasteiger partial charge in [-0.3, -0.25) is 4.79 Å². The van der Waals surface area contributed by atoms with Crippen LogP contribution in [-0.4, -0.2) is 100 Å². The van der Waals surface area contributed by atoms with Crippen LogP contribution >= 0.6 is 34.8 Å². The van der Waals surface area contributed by atoms with Gasteiger partial charge in [-0.05, 0) is 44.2 Å². The Balaban J connectivity index is 0.000000160. The molecule has 8 atom stereocenters. The summed E-state index contributed by atoms with van der Waals surface area (Å²) >= 11 is 18.4. The lowest BCUT2D eigenvalue weighted by molar-refractivity contribution is -0.154. The zero-order chi connectivity index (χ0) is 38.7. The van der Waals surface area contributed by atoms with Gasteiger partial charge in [0, 0.05) is 24.9 Å². The number of aliphatic hydroxyl groups excluding tert-OH is 3. The van der Waals surface area contributed by atoms with Crippen LogP contribution in [0.2, 0.25) is 15.3 Å². The van der Waals surface area contributed by atoms with Gasteiger partial charge in [-0.25, -0.2) is 19.3 Å². The fourth-order valence-corrected chi connectivity index (χ4v) is 8.30. The van der Waals surface area contributed by atoms with Gasteiger partial charge in [-0.2, -0.15) is 10.2 Å². The van der Waals surface area contributed by atoms with Gasteiger partial charge in [-0.15, -0.1) is 0 Å². The lowest BCUT2D eigenvalue weighted by Gasteiger charge is -2.21. The number of aliphatic hydroxyl groups is 3. The van der Waals surface area contributed by atoms with Crippen molar-refractivity contribution in [1.29, 1.82) is 0 Å². The fourth-order valence-electron chi connectivity index (χ4n) is 7.63. The average molecular weight is 812 g/mol. The standard InChI is InChI=1S/C16H21ClN4O4.C15H17Cl2N3O3.C5H11N/c17-12-5-10(19-8-3-1-2-4-8)9-6-18-21(15(9)20-12)16-14(24)13(23)11(7-22)25-16;1-4-11-7(2)13(22-8(3)21)15(23-11)20-14-9(6-18-20)10(16)5-12(17)19-14;6-5-3-1-2-4-5/h5-6,8,11,13-14,16,22-24H,1-4,7H2,(H,19,20);5-7,11,13,15H,4H2,1-3H3;5H,1-4,6H2/t11-,13-,14-,16-;7-,11-,13?,15-;/m11./s1. The summed E-state index contributed by atoms with van der Waals surface area (Å²) in [6, 6.07) is 4.28. The van der Waals surface area contributed by atoms with E-state index in [4.69, 9.17) is 54.7 Å². The van der Waals surface area contributed by atoms with Gasteiger partial charge < -0.3 is 40.6 Å². The molecule has 54 heavy (non-hydrogen) atoms. The van der Waals surface area contributed by atoms with Crippen LogP contribution in [0, 0.1) is 5.92 Å². The van der Waals surface area contributed by atoms with Crippen molar-refractivity contribution in [3.05, 3.63) is 39.9 Å². The summed E-state index contributed by atoms with van der Waals surface area (Å²) < 4.78 is 20.1. The van der Waals surface area contributed by atoms with Crippen molar-refractivity contribution in [3.63, 3.8) is 0 Å². The molecule has 15 nitrogen and oxygen atoms in total. The normalized spacial score (nSPS) is 28.6. The minimum absolute atomic E-state index is 0.0294. The van der Waals surface area contributed by atoms with Gasteiger partial charge in [0.15, 0.2) is 29.9 Å². The molecule has 2 saturated heterocycles. The highest BCUT2D eigenvalue weighted by Gasteiger charge is 2.46. The maximum atomic E-state index is 11.5. The first-order chi connectivity index (χ1) is 25.9. The zero-order valence-corrected chi connectivity index (χ0v) is 32.8. The number of carbonyl (C=O) groups is 1. The van der Waals surface area contributed by atoms with E-state index in [0.29, 0.717) is 38.9 Å². The predicted octanol–water partition coefficient (Wildman–Crippen LogP) is 5.55. The molecule has 4 aliphatic rings. The maximum Gasteiger partial charge on any atom is 0.303 e. The lowest BCUT2D eigenvalue weighted by Crippen LogP contribution is -2.33. The molecule has 2 saturated carbocycles. The van der Waals surface area contributed by atoms with Crippen molar-refractivity contribution in [2.75, 3.05) is 11.9 Å². The third-order valence-electron chi connectivity index (χ3n) is 10.5. The Labute approximate surface area is 328 Å². The molecule has 1 unspecified atom stereocenters. The number of esters is 1. The predicted molar refractivity (Wildman–Crippen MR) is 204 cm³/mol. The first-order valence-corrected chi connectivity index (χ1v) is 19.7. The van der Waals surface area contributed by atoms with Gasteiger partial charge in [0.25, 0.3) is 0 Å². The van der Waals surface area contributed by atoms with E-state index in [9.17, 15) is 20.1 Å². The first-order valence-electron chi connectivity index (χ1n) is 18.6. The molecule has 0 radical (unpaired) electrons. The highest BCUT2D eigenvalue weighted by Crippen LogP contribution is 2.39. The Morgan fingerprint density at radius 3 is 2.06 bits per heavy atom. The number of hydrogen-bond donors (Lipinski definition) is 5. The van der Waals surface area contributed by atoms with E-state index in [2.05, 4.69) is 25.5 Å². The number of nitrogens with two attached hydrogens (primary N) is 1. The van der Waals surface area contributed by atoms with E-state index in [1.54, 1.807) is 29.2 Å². The summed E-state index contributed by atoms with van der Waals surface area (Å²) in [7, 11) is 0. The molecule has 2 aliphatic carbocycles. The summed E-state index contributed by atoms with van der Waals surface area (Å²) in [5, 5.41) is 44.1. The lowest BCUT2D eigenvalue weighted by atomic mass is 9.98. The Morgan fingerprint density at radius 1 is 0.907 bits per heavy atom. The number of aromatic nitrogens is 6. The second-order valence-corrected chi connectivity index (χ2v) is 15.6. The number of pyridine rings is 2. The van der Waals surface area contributed by atoms with Crippen molar-refractivity contribution in [2.24, 2.45) is 11.7 Å². The second kappa shape index (κ2) is 17.9. The van der Waals surface area contributed by atoms with Crippen molar-refractivity contribution in [3.8, 4) is 0 Å². The molecule has 4 aromatic heterocycles. The van der Waals surface area contributed by atoms with Gasteiger partial charge in [0.05, 0.1) is 46.6 Å². The van der Waals surface area contributed by atoms with Crippen LogP contribution in [0.1, 0.15) is 91.0 Å². The quantitative estimate of drug-likeness (QED) is 0.115. The molecular formula is C36H49Cl3N8O7. The highest BCUT2D eigenvalue weighted by molar-refractivity contribution is 6.37. The van der Waals surface area contributed by atoms with Gasteiger partial charge in [-0.1, -0.05) is 74.3 Å². The summed E-state index contributed by atoms with van der Waals surface area (Å²) in [4.78, 5) is 20.1. The van der Waals surface area contributed by atoms with Crippen LogP contribution in [0.4, 0.5) is 5.69 Å². The van der Waals surface area contributed by atoms with Crippen molar-refractivity contribution in [2.45, 2.75) is 134 Å². The minimum Gasteiger partial charge on any atom is -0.457 e. The van der Waals surface area contributed by atoms with Crippen LogP contribution in [0.15, 0.2) is 24.5 Å².